The molecule has 0 unspecified atom stereocenters. The van der Waals surface area contributed by atoms with Gasteiger partial charge < -0.3 is 14.9 Å². The number of hydrogen-bond donors (Lipinski definition) is 2. The topological polar surface area (TPSA) is 49.7 Å². The molecular weight excluding hydrogens is 180 g/mol. The van der Waals surface area contributed by atoms with Crippen molar-refractivity contribution in [3.8, 4) is 0 Å². The SMILES string of the molecule is CCCCOCC.OCCCCCO. The van der Waals surface area contributed by atoms with E-state index < -0.39 is 0 Å². The second-order valence-electron chi connectivity index (χ2n) is 3.06. The van der Waals surface area contributed by atoms with Crippen LogP contribution in [0.15, 0.2) is 0 Å². The summed E-state index contributed by atoms with van der Waals surface area (Å²) in [5, 5.41) is 16.4. The summed E-state index contributed by atoms with van der Waals surface area (Å²) in [5.74, 6) is 0. The number of rotatable bonds is 8. The van der Waals surface area contributed by atoms with Gasteiger partial charge in [-0.05, 0) is 32.6 Å². The summed E-state index contributed by atoms with van der Waals surface area (Å²) in [6, 6.07) is 0. The molecule has 3 nitrogen and oxygen atoms in total. The first-order valence-corrected chi connectivity index (χ1v) is 5.62. The van der Waals surface area contributed by atoms with Crippen molar-refractivity contribution in [2.45, 2.75) is 46.0 Å². The normalized spacial score (nSPS) is 9.43. The zero-order valence-electron chi connectivity index (χ0n) is 9.67. The Bertz CT molecular complexity index is 58.9. The number of ether oxygens (including phenoxy) is 1. The van der Waals surface area contributed by atoms with Crippen LogP contribution in [0.1, 0.15) is 46.0 Å². The highest BCUT2D eigenvalue weighted by molar-refractivity contribution is 4.35. The van der Waals surface area contributed by atoms with Crippen molar-refractivity contribution in [1.82, 2.24) is 0 Å². The fourth-order valence-electron chi connectivity index (χ4n) is 0.791. The molecule has 14 heavy (non-hydrogen) atoms. The van der Waals surface area contributed by atoms with E-state index >= 15 is 0 Å². The molecule has 88 valence electrons. The number of unbranched alkanes of at least 4 members (excludes halogenated alkanes) is 3. The Morgan fingerprint density at radius 1 is 0.857 bits per heavy atom. The Balaban J connectivity index is 0. The zero-order valence-corrected chi connectivity index (χ0v) is 9.67. The van der Waals surface area contributed by atoms with Crippen LogP contribution in [-0.2, 0) is 4.74 Å². The number of aliphatic hydroxyl groups excluding tert-OH is 2. The third-order valence-corrected chi connectivity index (χ3v) is 1.66. The van der Waals surface area contributed by atoms with Crippen molar-refractivity contribution in [1.29, 1.82) is 0 Å². The van der Waals surface area contributed by atoms with Crippen LogP contribution >= 0.6 is 0 Å². The van der Waals surface area contributed by atoms with Crippen LogP contribution in [0.2, 0.25) is 0 Å². The Hall–Kier alpha value is -0.120. The van der Waals surface area contributed by atoms with Crippen molar-refractivity contribution in [3.63, 3.8) is 0 Å². The molecule has 0 bridgehead atoms. The molecule has 0 aliphatic heterocycles. The van der Waals surface area contributed by atoms with Crippen LogP contribution in [0.4, 0.5) is 0 Å². The van der Waals surface area contributed by atoms with Gasteiger partial charge in [0.1, 0.15) is 0 Å². The van der Waals surface area contributed by atoms with Crippen LogP contribution in [0.3, 0.4) is 0 Å². The smallest absolute Gasteiger partial charge is 0.0465 e. The molecule has 0 rings (SSSR count). The average molecular weight is 206 g/mol. The summed E-state index contributed by atoms with van der Waals surface area (Å²) < 4.78 is 5.07. The van der Waals surface area contributed by atoms with E-state index in [1.807, 2.05) is 6.92 Å². The predicted molar refractivity (Wildman–Crippen MR) is 59.4 cm³/mol. The van der Waals surface area contributed by atoms with Gasteiger partial charge in [-0.1, -0.05) is 13.3 Å². The molecule has 0 aliphatic carbocycles. The third-order valence-electron chi connectivity index (χ3n) is 1.66. The van der Waals surface area contributed by atoms with E-state index in [0.29, 0.717) is 0 Å². The van der Waals surface area contributed by atoms with Gasteiger partial charge in [0.15, 0.2) is 0 Å². The maximum absolute atomic E-state index is 8.21. The lowest BCUT2D eigenvalue weighted by atomic mass is 10.2. The van der Waals surface area contributed by atoms with Gasteiger partial charge in [0, 0.05) is 26.4 Å². The van der Waals surface area contributed by atoms with Gasteiger partial charge in [-0.15, -0.1) is 0 Å². The third kappa shape index (κ3) is 22.6. The summed E-state index contributed by atoms with van der Waals surface area (Å²) in [6.07, 6.45) is 5.02. The second kappa shape index (κ2) is 18.6. The van der Waals surface area contributed by atoms with Gasteiger partial charge in [-0.25, -0.2) is 0 Å². The number of aliphatic hydroxyl groups is 2. The van der Waals surface area contributed by atoms with E-state index in [9.17, 15) is 0 Å². The standard InChI is InChI=1S/C6H14O.C5H12O2/c1-3-5-6-7-4-2;6-4-2-1-3-5-7/h3-6H2,1-2H3;6-7H,1-5H2. The Kier molecular flexibility index (Phi) is 21.7. The molecule has 0 radical (unpaired) electrons. The second-order valence-corrected chi connectivity index (χ2v) is 3.06. The van der Waals surface area contributed by atoms with Crippen molar-refractivity contribution in [3.05, 3.63) is 0 Å². The Morgan fingerprint density at radius 2 is 1.43 bits per heavy atom. The lowest BCUT2D eigenvalue weighted by Crippen LogP contribution is -1.90. The molecule has 0 aromatic rings. The van der Waals surface area contributed by atoms with Gasteiger partial charge in [0.2, 0.25) is 0 Å². The van der Waals surface area contributed by atoms with Gasteiger partial charge >= 0.3 is 0 Å². The molecule has 0 atom stereocenters. The molecule has 0 aromatic carbocycles. The highest BCUT2D eigenvalue weighted by atomic mass is 16.5. The Morgan fingerprint density at radius 3 is 1.79 bits per heavy atom. The molecule has 2 N–H and O–H groups in total. The minimum absolute atomic E-state index is 0.250. The van der Waals surface area contributed by atoms with Crippen molar-refractivity contribution < 1.29 is 14.9 Å². The van der Waals surface area contributed by atoms with E-state index in [1.54, 1.807) is 0 Å². The summed E-state index contributed by atoms with van der Waals surface area (Å²) >= 11 is 0. The lowest BCUT2D eigenvalue weighted by molar-refractivity contribution is 0.144. The fraction of sp³-hybridized carbons (Fsp3) is 1.00. The van der Waals surface area contributed by atoms with Crippen LogP contribution < -0.4 is 0 Å². The molecule has 0 fully saturated rings. The first kappa shape index (κ1) is 16.3. The molecule has 0 heterocycles. The van der Waals surface area contributed by atoms with Crippen molar-refractivity contribution in [2.24, 2.45) is 0 Å². The van der Waals surface area contributed by atoms with Gasteiger partial charge in [0.05, 0.1) is 0 Å². The van der Waals surface area contributed by atoms with Crippen LogP contribution in [0.5, 0.6) is 0 Å². The van der Waals surface area contributed by atoms with Crippen molar-refractivity contribution in [2.75, 3.05) is 26.4 Å². The summed E-state index contributed by atoms with van der Waals surface area (Å²) in [7, 11) is 0. The van der Waals surface area contributed by atoms with Crippen LogP contribution in [-0.4, -0.2) is 36.6 Å². The summed E-state index contributed by atoms with van der Waals surface area (Å²) in [4.78, 5) is 0. The minimum Gasteiger partial charge on any atom is -0.396 e. The highest BCUT2D eigenvalue weighted by Crippen LogP contribution is 1.90. The van der Waals surface area contributed by atoms with Gasteiger partial charge in [-0.2, -0.15) is 0 Å². The largest absolute Gasteiger partial charge is 0.396 e. The fourth-order valence-corrected chi connectivity index (χ4v) is 0.791. The molecule has 0 saturated heterocycles. The minimum atomic E-state index is 0.250. The van der Waals surface area contributed by atoms with E-state index in [4.69, 9.17) is 14.9 Å². The summed E-state index contributed by atoms with van der Waals surface area (Å²) in [5.41, 5.74) is 0. The van der Waals surface area contributed by atoms with Crippen LogP contribution in [0.25, 0.3) is 0 Å². The predicted octanol–water partition coefficient (Wildman–Crippen LogP) is 1.96. The monoisotopic (exact) mass is 206 g/mol. The molecular formula is C11H26O3. The average Bonchev–Trinajstić information content (AvgIpc) is 2.21. The highest BCUT2D eigenvalue weighted by Gasteiger charge is 1.81. The molecule has 0 saturated carbocycles. The molecule has 0 aliphatic rings. The van der Waals surface area contributed by atoms with Crippen LogP contribution in [0, 0.1) is 0 Å². The van der Waals surface area contributed by atoms with E-state index in [0.717, 1.165) is 32.5 Å². The van der Waals surface area contributed by atoms with E-state index in [-0.39, 0.29) is 13.2 Å². The van der Waals surface area contributed by atoms with Crippen molar-refractivity contribution >= 4 is 0 Å². The van der Waals surface area contributed by atoms with E-state index in [2.05, 4.69) is 6.92 Å². The number of hydrogen-bond acceptors (Lipinski definition) is 3. The van der Waals surface area contributed by atoms with E-state index in [1.165, 1.54) is 12.8 Å². The zero-order chi connectivity index (χ0) is 11.1. The summed E-state index contributed by atoms with van der Waals surface area (Å²) in [6.45, 7) is 6.49. The maximum Gasteiger partial charge on any atom is 0.0465 e. The van der Waals surface area contributed by atoms with Gasteiger partial charge in [0.25, 0.3) is 0 Å². The molecule has 3 heteroatoms. The first-order valence-electron chi connectivity index (χ1n) is 5.62. The lowest BCUT2D eigenvalue weighted by Gasteiger charge is -1.94. The quantitative estimate of drug-likeness (QED) is 0.597. The molecule has 0 amide bonds. The molecule has 0 aromatic heterocycles. The van der Waals surface area contributed by atoms with Gasteiger partial charge in [-0.3, -0.25) is 0 Å². The maximum atomic E-state index is 8.21. The molecule has 0 spiro atoms. The Labute approximate surface area is 88.1 Å². The first-order chi connectivity index (χ1) is 6.83.